The number of halogens is 2. The van der Waals surface area contributed by atoms with Gasteiger partial charge in [-0.3, -0.25) is 4.98 Å². The number of hydrogen-bond acceptors (Lipinski definition) is 5. The molecule has 0 aliphatic carbocycles. The Morgan fingerprint density at radius 3 is 2.36 bits per heavy atom. The van der Waals surface area contributed by atoms with E-state index in [1.807, 2.05) is 20.8 Å². The van der Waals surface area contributed by atoms with E-state index in [2.05, 4.69) is 23.7 Å². The number of pyridine rings is 1. The molecule has 226 valence electrons. The van der Waals surface area contributed by atoms with Crippen LogP contribution in [0.4, 0.5) is 14.5 Å². The number of ether oxygens (including phenoxy) is 2. The first-order chi connectivity index (χ1) is 19.8. The second-order valence-corrected chi connectivity index (χ2v) is 12.5. The van der Waals surface area contributed by atoms with Crippen molar-refractivity contribution in [1.82, 2.24) is 4.98 Å². The van der Waals surface area contributed by atoms with Crippen molar-refractivity contribution < 1.29 is 28.2 Å². The highest BCUT2D eigenvalue weighted by atomic mass is 19.1. The Morgan fingerprint density at radius 2 is 1.76 bits per heavy atom. The maximum absolute atomic E-state index is 15.8. The molecule has 0 spiro atoms. The molecule has 2 aromatic carbocycles. The Kier molecular flexibility index (Phi) is 9.56. The van der Waals surface area contributed by atoms with Crippen LogP contribution < -0.4 is 9.64 Å². The van der Waals surface area contributed by atoms with Crippen LogP contribution in [0.5, 0.6) is 5.75 Å². The van der Waals surface area contributed by atoms with Gasteiger partial charge in [0.1, 0.15) is 17.4 Å². The van der Waals surface area contributed by atoms with Crippen LogP contribution in [-0.4, -0.2) is 41.4 Å². The fourth-order valence-electron chi connectivity index (χ4n) is 5.17. The molecule has 4 rings (SSSR count). The van der Waals surface area contributed by atoms with Gasteiger partial charge in [-0.15, -0.1) is 0 Å². The molecule has 1 N–H and O–H groups in total. The smallest absolute Gasteiger partial charge is 0.337 e. The molecular weight excluding hydrogens is 538 g/mol. The summed E-state index contributed by atoms with van der Waals surface area (Å²) >= 11 is 0. The highest BCUT2D eigenvalue weighted by Crippen LogP contribution is 2.44. The van der Waals surface area contributed by atoms with Gasteiger partial charge in [-0.1, -0.05) is 32.9 Å². The highest BCUT2D eigenvalue weighted by molar-refractivity contribution is 5.86. The summed E-state index contributed by atoms with van der Waals surface area (Å²) in [6, 6.07) is 10.9. The fourth-order valence-corrected chi connectivity index (χ4v) is 5.17. The maximum atomic E-state index is 15.8. The Hall–Kier alpha value is -3.52. The van der Waals surface area contributed by atoms with E-state index in [-0.39, 0.29) is 11.2 Å². The number of aliphatic carboxylic acids is 1. The molecule has 0 saturated carbocycles. The van der Waals surface area contributed by atoms with Crippen molar-refractivity contribution in [1.29, 1.82) is 0 Å². The summed E-state index contributed by atoms with van der Waals surface area (Å²) in [5.74, 6) is -1.53. The molecule has 1 atom stereocenters. The van der Waals surface area contributed by atoms with Crippen LogP contribution in [0.2, 0.25) is 0 Å². The Labute approximate surface area is 247 Å². The number of rotatable bonds is 11. The Bertz CT molecular complexity index is 1400. The normalized spacial score (nSPS) is 15.9. The second kappa shape index (κ2) is 12.8. The van der Waals surface area contributed by atoms with Crippen LogP contribution >= 0.6 is 0 Å². The third kappa shape index (κ3) is 7.46. The van der Waals surface area contributed by atoms with Crippen LogP contribution in [0.15, 0.2) is 48.7 Å². The summed E-state index contributed by atoms with van der Waals surface area (Å²) in [6.45, 7) is 13.6. The van der Waals surface area contributed by atoms with Gasteiger partial charge in [-0.05, 0) is 75.3 Å². The number of anilines is 1. The number of piperidine rings is 1. The number of carboxylic acids is 1. The average molecular weight is 581 g/mol. The Morgan fingerprint density at radius 1 is 1.10 bits per heavy atom. The summed E-state index contributed by atoms with van der Waals surface area (Å²) < 4.78 is 41.0. The van der Waals surface area contributed by atoms with E-state index < -0.39 is 23.5 Å². The van der Waals surface area contributed by atoms with Gasteiger partial charge in [0.05, 0.1) is 17.9 Å². The molecule has 0 bridgehead atoms. The molecule has 2 heterocycles. The molecule has 1 aliphatic heterocycles. The minimum atomic E-state index is -1.27. The van der Waals surface area contributed by atoms with Gasteiger partial charge in [0.15, 0.2) is 6.10 Å². The monoisotopic (exact) mass is 580 g/mol. The van der Waals surface area contributed by atoms with Crippen molar-refractivity contribution in [2.75, 3.05) is 24.6 Å². The van der Waals surface area contributed by atoms with Crippen molar-refractivity contribution in [2.45, 2.75) is 78.9 Å². The molecule has 6 nitrogen and oxygen atoms in total. The van der Waals surface area contributed by atoms with Crippen molar-refractivity contribution in [2.24, 2.45) is 5.41 Å². The van der Waals surface area contributed by atoms with E-state index in [1.165, 1.54) is 18.2 Å². The minimum absolute atomic E-state index is 0.157. The predicted octanol–water partition coefficient (Wildman–Crippen LogP) is 7.91. The molecule has 8 heteroatoms. The van der Waals surface area contributed by atoms with E-state index in [9.17, 15) is 14.3 Å². The van der Waals surface area contributed by atoms with Crippen LogP contribution in [0.25, 0.3) is 11.1 Å². The summed E-state index contributed by atoms with van der Waals surface area (Å²) in [7, 11) is 0. The quantitative estimate of drug-likeness (QED) is 0.248. The van der Waals surface area contributed by atoms with E-state index in [4.69, 9.17) is 9.47 Å². The van der Waals surface area contributed by atoms with Gasteiger partial charge in [0.25, 0.3) is 0 Å². The summed E-state index contributed by atoms with van der Waals surface area (Å²) in [4.78, 5) is 19.4. The molecular formula is C34H42F2N2O4. The van der Waals surface area contributed by atoms with E-state index in [0.717, 1.165) is 18.4 Å². The maximum Gasteiger partial charge on any atom is 0.337 e. The molecule has 1 fully saturated rings. The fraction of sp³-hybridized carbons (Fsp3) is 0.471. The SMILES string of the molecule is CCC(C)(C)O[C@H](C(=O)O)c1c(C)ncc(-c2ccc(OCCc3ccc(F)cc3)cc2F)c1N1CCC(C)(C)CC1. The summed E-state index contributed by atoms with van der Waals surface area (Å²) in [5.41, 5.74) is 2.88. The number of aromatic nitrogens is 1. The van der Waals surface area contributed by atoms with Crippen LogP contribution in [0.1, 0.15) is 76.8 Å². The predicted molar refractivity (Wildman–Crippen MR) is 161 cm³/mol. The van der Waals surface area contributed by atoms with Crippen LogP contribution in [0, 0.1) is 24.0 Å². The third-order valence-corrected chi connectivity index (χ3v) is 8.30. The number of aryl methyl sites for hydroxylation is 1. The lowest BCUT2D eigenvalue weighted by molar-refractivity contribution is -0.162. The number of nitrogens with zero attached hydrogens (tertiary/aromatic N) is 2. The standard InChI is InChI=1S/C34H42F2N2O4/c1-7-34(5,6)42-31(32(39)40)29-22(2)37-21-27(30(29)38-17-15-33(3,4)16-18-38)26-13-12-25(20-28(26)36)41-19-14-23-8-10-24(35)11-9-23/h8-13,20-21,31H,7,14-19H2,1-6H3,(H,39,40)/t31-/m0/s1. The molecule has 1 aromatic heterocycles. The molecule has 42 heavy (non-hydrogen) atoms. The highest BCUT2D eigenvalue weighted by Gasteiger charge is 2.36. The topological polar surface area (TPSA) is 71.9 Å². The molecule has 0 radical (unpaired) electrons. The van der Waals surface area contributed by atoms with E-state index in [1.54, 1.807) is 37.4 Å². The van der Waals surface area contributed by atoms with Crippen molar-refractivity contribution in [3.8, 4) is 16.9 Å². The largest absolute Gasteiger partial charge is 0.493 e. The first-order valence-electron chi connectivity index (χ1n) is 14.6. The molecule has 3 aromatic rings. The van der Waals surface area contributed by atoms with Gasteiger partial charge in [-0.2, -0.15) is 0 Å². The Balaban J connectivity index is 1.72. The first kappa shape index (κ1) is 31.4. The second-order valence-electron chi connectivity index (χ2n) is 12.5. The number of carboxylic acid groups (broad SMARTS) is 1. The van der Waals surface area contributed by atoms with Gasteiger partial charge in [0, 0.05) is 54.2 Å². The summed E-state index contributed by atoms with van der Waals surface area (Å²) in [5, 5.41) is 10.4. The minimum Gasteiger partial charge on any atom is -0.493 e. The third-order valence-electron chi connectivity index (χ3n) is 8.30. The zero-order chi connectivity index (χ0) is 30.7. The van der Waals surface area contributed by atoms with Crippen LogP contribution in [-0.2, 0) is 16.0 Å². The zero-order valence-corrected chi connectivity index (χ0v) is 25.5. The molecule has 0 unspecified atom stereocenters. The van der Waals surface area contributed by atoms with Gasteiger partial charge >= 0.3 is 5.97 Å². The van der Waals surface area contributed by atoms with Crippen LogP contribution in [0.3, 0.4) is 0 Å². The van der Waals surface area contributed by atoms with Crippen molar-refractivity contribution in [3.63, 3.8) is 0 Å². The first-order valence-corrected chi connectivity index (χ1v) is 14.6. The number of carbonyl (C=O) groups is 1. The number of benzene rings is 2. The lowest BCUT2D eigenvalue weighted by Crippen LogP contribution is -2.39. The number of hydrogen-bond donors (Lipinski definition) is 1. The lowest BCUT2D eigenvalue weighted by Gasteiger charge is -2.41. The molecule has 1 aliphatic rings. The lowest BCUT2D eigenvalue weighted by atomic mass is 9.82. The summed E-state index contributed by atoms with van der Waals surface area (Å²) in [6.07, 6.45) is 3.35. The van der Waals surface area contributed by atoms with Gasteiger partial charge < -0.3 is 19.5 Å². The zero-order valence-electron chi connectivity index (χ0n) is 25.5. The average Bonchev–Trinajstić information content (AvgIpc) is 2.93. The molecule has 1 saturated heterocycles. The van der Waals surface area contributed by atoms with E-state index in [0.29, 0.717) is 66.4 Å². The van der Waals surface area contributed by atoms with Gasteiger partial charge in [-0.25, -0.2) is 13.6 Å². The van der Waals surface area contributed by atoms with E-state index >= 15 is 4.39 Å². The van der Waals surface area contributed by atoms with Crippen molar-refractivity contribution >= 4 is 11.7 Å². The van der Waals surface area contributed by atoms with Crippen molar-refractivity contribution in [3.05, 3.63) is 77.1 Å². The molecule has 0 amide bonds. The van der Waals surface area contributed by atoms with Gasteiger partial charge in [0.2, 0.25) is 0 Å².